The van der Waals surface area contributed by atoms with Crippen LogP contribution in [0.3, 0.4) is 0 Å². The van der Waals surface area contributed by atoms with Gasteiger partial charge in [0.2, 0.25) is 0 Å². The van der Waals surface area contributed by atoms with Crippen LogP contribution in [0.4, 0.5) is 4.39 Å². The molecule has 1 rings (SSSR count). The highest BCUT2D eigenvalue weighted by atomic mass is 32.2. The van der Waals surface area contributed by atoms with Crippen molar-refractivity contribution in [3.8, 4) is 0 Å². The summed E-state index contributed by atoms with van der Waals surface area (Å²) in [6.45, 7) is 5.34. The largest absolute Gasteiger partial charge is 0.310 e. The fourth-order valence-electron chi connectivity index (χ4n) is 1.80. The van der Waals surface area contributed by atoms with Gasteiger partial charge in [-0.05, 0) is 43.3 Å². The molecule has 0 heterocycles. The van der Waals surface area contributed by atoms with Crippen LogP contribution in [0.25, 0.3) is 0 Å². The topological polar surface area (TPSA) is 12.0 Å². The minimum absolute atomic E-state index is 0.153. The van der Waals surface area contributed by atoms with Crippen LogP contribution in [0.2, 0.25) is 0 Å². The van der Waals surface area contributed by atoms with E-state index in [0.29, 0.717) is 5.25 Å². The molecule has 3 heteroatoms. The molecule has 0 aliphatic rings. The molecule has 1 nitrogen and oxygen atoms in total. The van der Waals surface area contributed by atoms with Gasteiger partial charge in [-0.2, -0.15) is 11.8 Å². The van der Waals surface area contributed by atoms with Crippen molar-refractivity contribution in [2.24, 2.45) is 0 Å². The number of hydrogen-bond acceptors (Lipinski definition) is 2. The van der Waals surface area contributed by atoms with Crippen LogP contribution in [0.15, 0.2) is 24.3 Å². The molecule has 0 aliphatic heterocycles. The number of rotatable bonds is 7. The first-order valence-electron chi connectivity index (χ1n) is 6.19. The lowest BCUT2D eigenvalue weighted by atomic mass is 10.0. The van der Waals surface area contributed by atoms with Gasteiger partial charge >= 0.3 is 0 Å². The molecule has 0 bridgehead atoms. The third kappa shape index (κ3) is 5.09. The van der Waals surface area contributed by atoms with Gasteiger partial charge in [-0.25, -0.2) is 4.39 Å². The first-order valence-corrected chi connectivity index (χ1v) is 7.47. The molecule has 0 aromatic heterocycles. The van der Waals surface area contributed by atoms with Crippen molar-refractivity contribution >= 4 is 11.8 Å². The summed E-state index contributed by atoms with van der Waals surface area (Å²) in [6.07, 6.45) is 4.26. The smallest absolute Gasteiger partial charge is 0.123 e. The molecule has 0 fully saturated rings. The first kappa shape index (κ1) is 14.5. The van der Waals surface area contributed by atoms with Gasteiger partial charge in [0.15, 0.2) is 0 Å². The van der Waals surface area contributed by atoms with E-state index in [4.69, 9.17) is 0 Å². The van der Waals surface area contributed by atoms with E-state index in [9.17, 15) is 4.39 Å². The van der Waals surface area contributed by atoms with Gasteiger partial charge < -0.3 is 5.32 Å². The standard InChI is InChI=1S/C14H22FNS/c1-4-14(16-9-8-11(2)17-3)12-6-5-7-13(15)10-12/h5-7,10-11,14,16H,4,8-9H2,1-3H3. The maximum atomic E-state index is 13.1. The summed E-state index contributed by atoms with van der Waals surface area (Å²) in [6, 6.07) is 7.15. The Kier molecular flexibility index (Phi) is 6.60. The van der Waals surface area contributed by atoms with Gasteiger partial charge in [-0.3, -0.25) is 0 Å². The molecule has 1 aromatic rings. The van der Waals surface area contributed by atoms with Crippen molar-refractivity contribution in [1.29, 1.82) is 0 Å². The fraction of sp³-hybridized carbons (Fsp3) is 0.571. The number of nitrogens with one attached hydrogen (secondary N) is 1. The Balaban J connectivity index is 2.48. The summed E-state index contributed by atoms with van der Waals surface area (Å²) in [5.41, 5.74) is 1.05. The van der Waals surface area contributed by atoms with E-state index in [1.165, 1.54) is 6.07 Å². The summed E-state index contributed by atoms with van der Waals surface area (Å²) in [7, 11) is 0. The molecule has 0 amide bonds. The van der Waals surface area contributed by atoms with E-state index in [-0.39, 0.29) is 11.9 Å². The summed E-state index contributed by atoms with van der Waals surface area (Å²) in [5, 5.41) is 4.17. The van der Waals surface area contributed by atoms with E-state index < -0.39 is 0 Å². The van der Waals surface area contributed by atoms with Crippen molar-refractivity contribution in [2.75, 3.05) is 12.8 Å². The van der Waals surface area contributed by atoms with Crippen LogP contribution in [0.5, 0.6) is 0 Å². The monoisotopic (exact) mass is 255 g/mol. The number of thioether (sulfide) groups is 1. The average molecular weight is 255 g/mol. The highest BCUT2D eigenvalue weighted by molar-refractivity contribution is 7.99. The zero-order valence-electron chi connectivity index (χ0n) is 10.9. The van der Waals surface area contributed by atoms with Crippen molar-refractivity contribution in [1.82, 2.24) is 5.32 Å². The van der Waals surface area contributed by atoms with Crippen LogP contribution >= 0.6 is 11.8 Å². The Morgan fingerprint density at radius 2 is 2.18 bits per heavy atom. The van der Waals surface area contributed by atoms with Crippen molar-refractivity contribution in [3.63, 3.8) is 0 Å². The van der Waals surface area contributed by atoms with Gasteiger partial charge in [0.25, 0.3) is 0 Å². The molecule has 17 heavy (non-hydrogen) atoms. The molecule has 0 saturated carbocycles. The molecular formula is C14H22FNS. The molecule has 1 N–H and O–H groups in total. The van der Waals surface area contributed by atoms with E-state index in [0.717, 1.165) is 24.9 Å². The van der Waals surface area contributed by atoms with Crippen molar-refractivity contribution < 1.29 is 4.39 Å². The molecule has 2 unspecified atom stereocenters. The second-order valence-electron chi connectivity index (χ2n) is 4.30. The van der Waals surface area contributed by atoms with E-state index >= 15 is 0 Å². The van der Waals surface area contributed by atoms with Crippen molar-refractivity contribution in [2.45, 2.75) is 38.0 Å². The van der Waals surface area contributed by atoms with Gasteiger partial charge in [0.1, 0.15) is 5.82 Å². The van der Waals surface area contributed by atoms with Gasteiger partial charge in [-0.1, -0.05) is 26.0 Å². The second kappa shape index (κ2) is 7.72. The lowest BCUT2D eigenvalue weighted by Gasteiger charge is -2.18. The first-order chi connectivity index (χ1) is 8.17. The molecule has 0 spiro atoms. The van der Waals surface area contributed by atoms with Gasteiger partial charge in [0, 0.05) is 11.3 Å². The maximum absolute atomic E-state index is 13.1. The predicted molar refractivity (Wildman–Crippen MR) is 75.0 cm³/mol. The van der Waals surface area contributed by atoms with Crippen LogP contribution in [-0.2, 0) is 0 Å². The van der Waals surface area contributed by atoms with E-state index in [2.05, 4.69) is 25.4 Å². The minimum Gasteiger partial charge on any atom is -0.310 e. The highest BCUT2D eigenvalue weighted by Gasteiger charge is 2.09. The molecule has 96 valence electrons. The summed E-state index contributed by atoms with van der Waals surface area (Å²) >= 11 is 1.88. The Morgan fingerprint density at radius 1 is 1.41 bits per heavy atom. The Hall–Kier alpha value is -0.540. The summed E-state index contributed by atoms with van der Waals surface area (Å²) in [5.74, 6) is -0.153. The predicted octanol–water partition coefficient (Wildman–Crippen LogP) is 4.01. The van der Waals surface area contributed by atoms with Crippen LogP contribution in [-0.4, -0.2) is 18.1 Å². The second-order valence-corrected chi connectivity index (χ2v) is 5.58. The molecular weight excluding hydrogens is 233 g/mol. The van der Waals surface area contributed by atoms with E-state index in [1.807, 2.05) is 17.8 Å². The SMILES string of the molecule is CCC(NCCC(C)SC)c1cccc(F)c1. The molecule has 0 aliphatic carbocycles. The average Bonchev–Trinajstić information content (AvgIpc) is 2.34. The molecule has 2 atom stereocenters. The lowest BCUT2D eigenvalue weighted by Crippen LogP contribution is -2.23. The normalized spacial score (nSPS) is 14.6. The summed E-state index contributed by atoms with van der Waals surface area (Å²) < 4.78 is 13.1. The third-order valence-electron chi connectivity index (χ3n) is 3.00. The fourth-order valence-corrected chi connectivity index (χ4v) is 2.15. The maximum Gasteiger partial charge on any atom is 0.123 e. The third-order valence-corrected chi connectivity index (χ3v) is 4.04. The lowest BCUT2D eigenvalue weighted by molar-refractivity contribution is 0.506. The highest BCUT2D eigenvalue weighted by Crippen LogP contribution is 2.18. The Labute approximate surface area is 108 Å². The van der Waals surface area contributed by atoms with Crippen LogP contribution in [0, 0.1) is 5.82 Å². The van der Waals surface area contributed by atoms with Crippen molar-refractivity contribution in [3.05, 3.63) is 35.6 Å². The minimum atomic E-state index is -0.153. The molecule has 0 radical (unpaired) electrons. The number of hydrogen-bond donors (Lipinski definition) is 1. The molecule has 0 saturated heterocycles. The molecule has 1 aromatic carbocycles. The summed E-state index contributed by atoms with van der Waals surface area (Å²) in [4.78, 5) is 0. The van der Waals surface area contributed by atoms with E-state index in [1.54, 1.807) is 12.1 Å². The number of benzene rings is 1. The zero-order chi connectivity index (χ0) is 12.7. The van der Waals surface area contributed by atoms with Crippen LogP contribution in [0.1, 0.15) is 38.3 Å². The van der Waals surface area contributed by atoms with Crippen LogP contribution < -0.4 is 5.32 Å². The Bertz CT molecular complexity index is 330. The van der Waals surface area contributed by atoms with Gasteiger partial charge in [-0.15, -0.1) is 0 Å². The zero-order valence-corrected chi connectivity index (χ0v) is 11.7. The number of halogens is 1. The van der Waals surface area contributed by atoms with Gasteiger partial charge in [0.05, 0.1) is 0 Å². The quantitative estimate of drug-likeness (QED) is 0.790. The Morgan fingerprint density at radius 3 is 2.76 bits per heavy atom.